The van der Waals surface area contributed by atoms with E-state index in [9.17, 15) is 47.9 Å². The molecule has 1 saturated heterocycles. The fourth-order valence-electron chi connectivity index (χ4n) is 3.08. The maximum Gasteiger partial charge on any atom is 0.343 e. The highest BCUT2D eigenvalue weighted by Crippen LogP contribution is 2.63. The summed E-state index contributed by atoms with van der Waals surface area (Å²) in [4.78, 5) is 84.7. The smallest absolute Gasteiger partial charge is 0.343 e. The third-order valence-corrected chi connectivity index (χ3v) is 7.78. The van der Waals surface area contributed by atoms with E-state index in [-0.39, 0.29) is 0 Å². The van der Waals surface area contributed by atoms with Crippen molar-refractivity contribution in [3.63, 3.8) is 0 Å². The minimum Gasteiger partial charge on any atom is -0.463 e. The zero-order valence-corrected chi connectivity index (χ0v) is 19.1. The number of carbonyl (C=O) groups excluding carboxylic acids is 4. The molecule has 0 amide bonds. The Balaban J connectivity index is 3.69. The van der Waals surface area contributed by atoms with Crippen molar-refractivity contribution < 1.29 is 71.6 Å². The molecule has 0 aliphatic carbocycles. The van der Waals surface area contributed by atoms with E-state index < -0.39 is 81.6 Å². The summed E-state index contributed by atoms with van der Waals surface area (Å²) in [7, 11) is -11.3. The summed E-state index contributed by atoms with van der Waals surface area (Å²) in [5, 5.41) is -2.87. The number of rotatable bonds is 8. The van der Waals surface area contributed by atoms with Gasteiger partial charge in [0.1, 0.15) is 18.8 Å². The molecule has 0 aromatic heterocycles. The van der Waals surface area contributed by atoms with Gasteiger partial charge in [0.15, 0.2) is 23.7 Å². The van der Waals surface area contributed by atoms with E-state index in [4.69, 9.17) is 23.7 Å². The zero-order valence-electron chi connectivity index (χ0n) is 17.3. The first-order valence-electron chi connectivity index (χ1n) is 8.86. The summed E-state index contributed by atoms with van der Waals surface area (Å²) < 4.78 is 49.1. The van der Waals surface area contributed by atoms with Crippen molar-refractivity contribution in [1.29, 1.82) is 0 Å². The molecule has 0 spiro atoms. The van der Waals surface area contributed by atoms with Gasteiger partial charge in [-0.2, -0.15) is 0 Å². The zero-order chi connectivity index (χ0) is 25.0. The Morgan fingerprint density at radius 2 is 1.16 bits per heavy atom. The summed E-state index contributed by atoms with van der Waals surface area (Å²) in [6.07, 6.45) is -9.40. The molecule has 15 nitrogen and oxygen atoms in total. The minimum atomic E-state index is -5.65. The molecule has 184 valence electrons. The minimum absolute atomic E-state index is 0.733. The Hall–Kier alpha value is -1.86. The van der Waals surface area contributed by atoms with Gasteiger partial charge < -0.3 is 43.3 Å². The van der Waals surface area contributed by atoms with E-state index in [1.54, 1.807) is 0 Å². The quantitative estimate of drug-likeness (QED) is 0.172. The Morgan fingerprint density at radius 1 is 0.750 bits per heavy atom. The molecule has 0 saturated carbocycles. The van der Waals surface area contributed by atoms with Gasteiger partial charge in [-0.25, -0.2) is 0 Å². The third-order valence-electron chi connectivity index (χ3n) is 4.01. The van der Waals surface area contributed by atoms with E-state index in [0.29, 0.717) is 0 Å². The van der Waals surface area contributed by atoms with Gasteiger partial charge in [-0.15, -0.1) is 0 Å². The lowest BCUT2D eigenvalue weighted by Gasteiger charge is -2.46. The van der Waals surface area contributed by atoms with Crippen molar-refractivity contribution in [3.8, 4) is 0 Å². The maximum absolute atomic E-state index is 12.0. The molecular weight excluding hydrogens is 482 g/mol. The standard InChI is InChI=1S/C15H24O15P2/c1-6(16)26-5-10-11(27-7(2)17)12(28-8(3)18)13(29-9(4)19)14(30-10)15(31(20,21)22)32(23,24)25/h10-15H,5H2,1-4H3,(H2,20,21,22)(H2,23,24,25)/t10-,11-,12+,13+,14?/m1/s1. The first kappa shape index (κ1) is 28.2. The molecule has 32 heavy (non-hydrogen) atoms. The predicted molar refractivity (Wildman–Crippen MR) is 99.8 cm³/mol. The monoisotopic (exact) mass is 506 g/mol. The molecule has 1 fully saturated rings. The fourth-order valence-corrected chi connectivity index (χ4v) is 5.89. The van der Waals surface area contributed by atoms with E-state index in [1.807, 2.05) is 0 Å². The van der Waals surface area contributed by atoms with Crippen molar-refractivity contribution in [2.24, 2.45) is 0 Å². The first-order chi connectivity index (χ1) is 14.4. The molecule has 1 aliphatic heterocycles. The van der Waals surface area contributed by atoms with Crippen molar-refractivity contribution in [2.75, 3.05) is 6.61 Å². The largest absolute Gasteiger partial charge is 0.463 e. The predicted octanol–water partition coefficient (Wildman–Crippen LogP) is -1.21. The van der Waals surface area contributed by atoms with Crippen LogP contribution in [0, 0.1) is 0 Å². The van der Waals surface area contributed by atoms with Gasteiger partial charge in [0.05, 0.1) is 0 Å². The SMILES string of the molecule is CC(=O)OC[C@H]1OC(C(P(=O)(O)O)P(=O)(O)O)[C@@H](OC(C)=O)[C@@H](OC(C)=O)[C@@H]1OC(C)=O. The van der Waals surface area contributed by atoms with Crippen LogP contribution in [0.3, 0.4) is 0 Å². The summed E-state index contributed by atoms with van der Waals surface area (Å²) in [5.41, 5.74) is 0. The highest BCUT2D eigenvalue weighted by molar-refractivity contribution is 7.71. The van der Waals surface area contributed by atoms with E-state index >= 15 is 0 Å². The second kappa shape index (κ2) is 10.8. The Bertz CT molecular complexity index is 807. The van der Waals surface area contributed by atoms with Crippen molar-refractivity contribution >= 4 is 39.1 Å². The van der Waals surface area contributed by atoms with Gasteiger partial charge in [0, 0.05) is 27.7 Å². The van der Waals surface area contributed by atoms with Crippen LogP contribution in [0.15, 0.2) is 0 Å². The summed E-state index contributed by atoms with van der Waals surface area (Å²) in [5.74, 6) is -3.93. The molecule has 5 atom stereocenters. The molecule has 0 bridgehead atoms. The Morgan fingerprint density at radius 3 is 1.53 bits per heavy atom. The van der Waals surface area contributed by atoms with Gasteiger partial charge in [-0.3, -0.25) is 28.3 Å². The Labute approximate surface area is 181 Å². The summed E-state index contributed by atoms with van der Waals surface area (Å²) in [6.45, 7) is 2.99. The maximum atomic E-state index is 12.0. The molecule has 0 radical (unpaired) electrons. The molecule has 1 rings (SSSR count). The number of esters is 4. The van der Waals surface area contributed by atoms with Crippen LogP contribution in [0.1, 0.15) is 27.7 Å². The van der Waals surface area contributed by atoms with Crippen LogP contribution in [0.4, 0.5) is 0 Å². The van der Waals surface area contributed by atoms with Crippen molar-refractivity contribution in [1.82, 2.24) is 0 Å². The highest BCUT2D eigenvalue weighted by atomic mass is 31.2. The Kier molecular flexibility index (Phi) is 9.54. The van der Waals surface area contributed by atoms with Gasteiger partial charge in [-0.1, -0.05) is 0 Å². The number of hydrogen-bond acceptors (Lipinski definition) is 11. The van der Waals surface area contributed by atoms with Crippen LogP contribution in [-0.4, -0.2) is 86.0 Å². The lowest BCUT2D eigenvalue weighted by molar-refractivity contribution is -0.251. The van der Waals surface area contributed by atoms with Crippen molar-refractivity contribution in [3.05, 3.63) is 0 Å². The number of ether oxygens (including phenoxy) is 5. The average Bonchev–Trinajstić information content (AvgIpc) is 2.54. The second-order valence-corrected chi connectivity index (χ2v) is 10.6. The van der Waals surface area contributed by atoms with Gasteiger partial charge in [0.25, 0.3) is 0 Å². The topological polar surface area (TPSA) is 229 Å². The van der Waals surface area contributed by atoms with Gasteiger partial charge >= 0.3 is 39.1 Å². The number of carbonyl (C=O) groups is 4. The second-order valence-electron chi connectivity index (χ2n) is 6.76. The van der Waals surface area contributed by atoms with Crippen LogP contribution in [-0.2, 0) is 52.0 Å². The van der Waals surface area contributed by atoms with Crippen LogP contribution in [0.2, 0.25) is 0 Å². The number of hydrogen-bond donors (Lipinski definition) is 4. The molecule has 0 aromatic rings. The van der Waals surface area contributed by atoms with Crippen molar-refractivity contribution in [2.45, 2.75) is 63.6 Å². The molecule has 1 unspecified atom stereocenters. The third kappa shape index (κ3) is 7.93. The lowest BCUT2D eigenvalue weighted by Crippen LogP contribution is -2.64. The molecule has 4 N–H and O–H groups in total. The molecule has 1 aliphatic rings. The summed E-state index contributed by atoms with van der Waals surface area (Å²) >= 11 is 0. The van der Waals surface area contributed by atoms with Crippen LogP contribution in [0.5, 0.6) is 0 Å². The van der Waals surface area contributed by atoms with Gasteiger partial charge in [-0.05, 0) is 0 Å². The molecule has 0 aromatic carbocycles. The summed E-state index contributed by atoms with van der Waals surface area (Å²) in [6, 6.07) is 0. The normalized spacial score (nSPS) is 26.2. The van der Waals surface area contributed by atoms with Crippen LogP contribution < -0.4 is 0 Å². The van der Waals surface area contributed by atoms with Crippen LogP contribution >= 0.6 is 15.2 Å². The lowest BCUT2D eigenvalue weighted by atomic mass is 9.94. The van der Waals surface area contributed by atoms with Gasteiger partial charge in [0.2, 0.25) is 0 Å². The average molecular weight is 506 g/mol. The molecule has 1 heterocycles. The molecule has 17 heteroatoms. The highest BCUT2D eigenvalue weighted by Gasteiger charge is 2.61. The van der Waals surface area contributed by atoms with Crippen LogP contribution in [0.25, 0.3) is 0 Å². The van der Waals surface area contributed by atoms with E-state index in [0.717, 1.165) is 27.7 Å². The van der Waals surface area contributed by atoms with E-state index in [1.165, 1.54) is 0 Å². The molecular formula is C15H24O15P2. The van der Waals surface area contributed by atoms with E-state index in [2.05, 4.69) is 0 Å². The first-order valence-corrected chi connectivity index (χ1v) is 12.2. The fraction of sp³-hybridized carbons (Fsp3) is 0.733.